The van der Waals surface area contributed by atoms with Crippen LogP contribution in [0.3, 0.4) is 0 Å². The average molecular weight is 199 g/mol. The van der Waals surface area contributed by atoms with E-state index in [1.54, 1.807) is 0 Å². The molecule has 1 N–H and O–H groups in total. The van der Waals surface area contributed by atoms with Crippen LogP contribution >= 0.6 is 0 Å². The Kier molecular flexibility index (Phi) is 3.42. The monoisotopic (exact) mass is 199 g/mol. The van der Waals surface area contributed by atoms with E-state index in [0.29, 0.717) is 6.10 Å². The number of hydrogen-bond acceptors (Lipinski definition) is 3. The maximum atomic E-state index is 5.82. The van der Waals surface area contributed by atoms with Gasteiger partial charge in [-0.15, -0.1) is 0 Å². The van der Waals surface area contributed by atoms with Gasteiger partial charge < -0.3 is 14.8 Å². The first kappa shape index (κ1) is 10.4. The molecule has 1 aliphatic carbocycles. The van der Waals surface area contributed by atoms with E-state index in [1.807, 2.05) is 7.11 Å². The molecule has 82 valence electrons. The second-order valence-corrected chi connectivity index (χ2v) is 4.54. The molecule has 1 aliphatic heterocycles. The molecule has 0 aromatic rings. The molecule has 0 unspecified atom stereocenters. The van der Waals surface area contributed by atoms with Gasteiger partial charge in [0.2, 0.25) is 0 Å². The van der Waals surface area contributed by atoms with Crippen LogP contribution in [0.1, 0.15) is 32.1 Å². The Balaban J connectivity index is 1.77. The summed E-state index contributed by atoms with van der Waals surface area (Å²) >= 11 is 0. The molecular weight excluding hydrogens is 178 g/mol. The van der Waals surface area contributed by atoms with Gasteiger partial charge >= 0.3 is 0 Å². The molecular formula is C11H21NO2. The first-order chi connectivity index (χ1) is 6.85. The Morgan fingerprint density at radius 1 is 1.21 bits per heavy atom. The van der Waals surface area contributed by atoms with Gasteiger partial charge in [-0.1, -0.05) is 19.3 Å². The van der Waals surface area contributed by atoms with Gasteiger partial charge in [-0.3, -0.25) is 0 Å². The summed E-state index contributed by atoms with van der Waals surface area (Å²) in [6.45, 7) is 2.81. The van der Waals surface area contributed by atoms with Gasteiger partial charge in [0.25, 0.3) is 0 Å². The molecule has 0 aromatic heterocycles. The normalized spacial score (nSPS) is 27.2. The zero-order valence-electron chi connectivity index (χ0n) is 9.05. The van der Waals surface area contributed by atoms with Crippen molar-refractivity contribution in [3.05, 3.63) is 0 Å². The Labute approximate surface area is 86.2 Å². The minimum Gasteiger partial charge on any atom is -0.376 e. The third-order valence-corrected chi connectivity index (χ3v) is 3.52. The van der Waals surface area contributed by atoms with E-state index in [0.717, 1.165) is 19.7 Å². The highest BCUT2D eigenvalue weighted by atomic mass is 16.5. The minimum absolute atomic E-state index is 0.0356. The second-order valence-electron chi connectivity index (χ2n) is 4.54. The predicted molar refractivity (Wildman–Crippen MR) is 55.4 cm³/mol. The fourth-order valence-electron chi connectivity index (χ4n) is 2.25. The van der Waals surface area contributed by atoms with Crippen molar-refractivity contribution < 1.29 is 9.47 Å². The molecule has 1 heterocycles. The fourth-order valence-corrected chi connectivity index (χ4v) is 2.25. The molecule has 0 radical (unpaired) electrons. The van der Waals surface area contributed by atoms with Gasteiger partial charge in [-0.2, -0.15) is 0 Å². The lowest BCUT2D eigenvalue weighted by atomic mass is 9.85. The second kappa shape index (κ2) is 4.60. The molecule has 2 rings (SSSR count). The molecule has 1 saturated heterocycles. The van der Waals surface area contributed by atoms with E-state index in [1.165, 1.54) is 32.1 Å². The number of hydrogen-bond donors (Lipinski definition) is 1. The van der Waals surface area contributed by atoms with Gasteiger partial charge in [0, 0.05) is 20.2 Å². The summed E-state index contributed by atoms with van der Waals surface area (Å²) in [5.41, 5.74) is 0.0356. The van der Waals surface area contributed by atoms with Gasteiger partial charge in [0.1, 0.15) is 0 Å². The zero-order valence-corrected chi connectivity index (χ0v) is 9.05. The fraction of sp³-hybridized carbons (Fsp3) is 1.00. The maximum Gasteiger partial charge on any atom is 0.0911 e. The molecule has 3 heteroatoms. The number of ether oxygens (including phenoxy) is 2. The highest BCUT2D eigenvalue weighted by Gasteiger charge is 2.33. The number of nitrogens with one attached hydrogen (secondary N) is 1. The Bertz CT molecular complexity index is 174. The van der Waals surface area contributed by atoms with Gasteiger partial charge in [-0.05, 0) is 12.8 Å². The summed E-state index contributed by atoms with van der Waals surface area (Å²) in [5.74, 6) is 0. The first-order valence-electron chi connectivity index (χ1n) is 5.72. The van der Waals surface area contributed by atoms with Crippen LogP contribution in [0.2, 0.25) is 0 Å². The van der Waals surface area contributed by atoms with Crippen molar-refractivity contribution in [1.82, 2.24) is 5.32 Å². The van der Waals surface area contributed by atoms with E-state index in [9.17, 15) is 0 Å². The molecule has 1 saturated carbocycles. The molecule has 2 fully saturated rings. The predicted octanol–water partition coefficient (Wildman–Crippen LogP) is 1.32. The summed E-state index contributed by atoms with van der Waals surface area (Å²) in [4.78, 5) is 0. The summed E-state index contributed by atoms with van der Waals surface area (Å²) in [5, 5.41) is 3.21. The van der Waals surface area contributed by atoms with Crippen molar-refractivity contribution in [2.24, 2.45) is 0 Å². The van der Waals surface area contributed by atoms with E-state index < -0.39 is 0 Å². The molecule has 2 aliphatic rings. The van der Waals surface area contributed by atoms with Crippen LogP contribution in [-0.4, -0.2) is 38.5 Å². The maximum absolute atomic E-state index is 5.82. The first-order valence-corrected chi connectivity index (χ1v) is 5.72. The van der Waals surface area contributed by atoms with Gasteiger partial charge in [0.05, 0.1) is 18.3 Å². The van der Waals surface area contributed by atoms with E-state index in [-0.39, 0.29) is 5.60 Å². The van der Waals surface area contributed by atoms with Crippen molar-refractivity contribution in [3.63, 3.8) is 0 Å². The Morgan fingerprint density at radius 3 is 2.43 bits per heavy atom. The molecule has 14 heavy (non-hydrogen) atoms. The van der Waals surface area contributed by atoms with Crippen LogP contribution < -0.4 is 5.32 Å². The highest BCUT2D eigenvalue weighted by molar-refractivity contribution is 4.85. The van der Waals surface area contributed by atoms with Gasteiger partial charge in [0.15, 0.2) is 0 Å². The lowest BCUT2D eigenvalue weighted by Crippen LogP contribution is -2.51. The Hall–Kier alpha value is -0.120. The lowest BCUT2D eigenvalue weighted by molar-refractivity contribution is -0.120. The van der Waals surface area contributed by atoms with Crippen molar-refractivity contribution in [3.8, 4) is 0 Å². The van der Waals surface area contributed by atoms with E-state index in [4.69, 9.17) is 9.47 Å². The third-order valence-electron chi connectivity index (χ3n) is 3.52. The molecule has 0 bridgehead atoms. The summed E-state index contributed by atoms with van der Waals surface area (Å²) in [7, 11) is 1.83. The summed E-state index contributed by atoms with van der Waals surface area (Å²) in [6.07, 6.45) is 6.72. The van der Waals surface area contributed by atoms with Gasteiger partial charge in [-0.25, -0.2) is 0 Å². The number of rotatable bonds is 4. The van der Waals surface area contributed by atoms with Crippen LogP contribution in [0.5, 0.6) is 0 Å². The van der Waals surface area contributed by atoms with Crippen molar-refractivity contribution in [1.29, 1.82) is 0 Å². The van der Waals surface area contributed by atoms with Crippen LogP contribution in [0.4, 0.5) is 0 Å². The Morgan fingerprint density at radius 2 is 1.93 bits per heavy atom. The third kappa shape index (κ3) is 2.27. The van der Waals surface area contributed by atoms with E-state index >= 15 is 0 Å². The van der Waals surface area contributed by atoms with Crippen LogP contribution in [0.15, 0.2) is 0 Å². The quantitative estimate of drug-likeness (QED) is 0.741. The molecule has 3 nitrogen and oxygen atoms in total. The van der Waals surface area contributed by atoms with Crippen molar-refractivity contribution in [2.45, 2.75) is 43.8 Å². The molecule has 0 spiro atoms. The highest BCUT2D eigenvalue weighted by Crippen LogP contribution is 2.31. The zero-order chi connectivity index (χ0) is 9.86. The summed E-state index contributed by atoms with van der Waals surface area (Å²) in [6, 6.07) is 0. The van der Waals surface area contributed by atoms with Crippen LogP contribution in [-0.2, 0) is 9.47 Å². The number of methoxy groups -OCH3 is 1. The van der Waals surface area contributed by atoms with Crippen molar-refractivity contribution in [2.75, 3.05) is 26.8 Å². The smallest absolute Gasteiger partial charge is 0.0911 e. The minimum atomic E-state index is 0.0356. The standard InChI is InChI=1S/C11H21NO2/c1-13-11(5-3-2-4-6-11)9-14-10-7-12-8-10/h10,12H,2-9H2,1H3. The van der Waals surface area contributed by atoms with Crippen LogP contribution in [0, 0.1) is 0 Å². The lowest BCUT2D eigenvalue weighted by Gasteiger charge is -2.38. The largest absolute Gasteiger partial charge is 0.376 e. The average Bonchev–Trinajstić information content (AvgIpc) is 2.17. The van der Waals surface area contributed by atoms with Crippen LogP contribution in [0.25, 0.3) is 0 Å². The topological polar surface area (TPSA) is 30.5 Å². The SMILES string of the molecule is COC1(COC2CNC2)CCCCC1. The van der Waals surface area contributed by atoms with Crippen molar-refractivity contribution >= 4 is 0 Å². The van der Waals surface area contributed by atoms with E-state index in [2.05, 4.69) is 5.32 Å². The summed E-state index contributed by atoms with van der Waals surface area (Å²) < 4.78 is 11.5. The molecule has 0 amide bonds. The molecule has 0 atom stereocenters. The molecule has 0 aromatic carbocycles.